The fraction of sp³-hybridized carbons (Fsp3) is 0.643. The Balaban J connectivity index is 1.60. The maximum Gasteiger partial charge on any atom is 0.225 e. The van der Waals surface area contributed by atoms with Crippen LogP contribution < -0.4 is 4.90 Å². The molecule has 1 aromatic rings. The van der Waals surface area contributed by atoms with Gasteiger partial charge >= 0.3 is 0 Å². The normalized spacial score (nSPS) is 21.8. The maximum atomic E-state index is 4.47. The molecule has 1 saturated heterocycles. The monoisotopic (exact) mass is 230 g/mol. The number of rotatable bonds is 3. The van der Waals surface area contributed by atoms with E-state index in [2.05, 4.69) is 21.8 Å². The molecule has 0 amide bonds. The van der Waals surface area contributed by atoms with Crippen molar-refractivity contribution in [2.75, 3.05) is 18.0 Å². The topological polar surface area (TPSA) is 29.0 Å². The lowest BCUT2D eigenvalue weighted by Crippen LogP contribution is -2.35. The Bertz CT molecular complexity index is 362. The van der Waals surface area contributed by atoms with Crippen molar-refractivity contribution in [2.24, 2.45) is 5.92 Å². The molecule has 0 atom stereocenters. The standard InChI is InChI=1S/C14H20N3/c1-2-11-9-15-14(16-10-11)17-7-5-13(6-8-17)12-3-4-12/h9-10,13H,2-8H2,1H3. The minimum Gasteiger partial charge on any atom is -0.341 e. The highest BCUT2D eigenvalue weighted by Gasteiger charge is 2.34. The van der Waals surface area contributed by atoms with Gasteiger partial charge in [-0.1, -0.05) is 6.92 Å². The summed E-state index contributed by atoms with van der Waals surface area (Å²) in [4.78, 5) is 11.3. The summed E-state index contributed by atoms with van der Waals surface area (Å²) in [5, 5.41) is 0. The third-order valence-electron chi connectivity index (χ3n) is 3.99. The van der Waals surface area contributed by atoms with E-state index in [4.69, 9.17) is 0 Å². The number of hydrogen-bond acceptors (Lipinski definition) is 3. The average Bonchev–Trinajstić information content (AvgIpc) is 3.24. The molecule has 1 aliphatic carbocycles. The molecule has 3 heteroatoms. The van der Waals surface area contributed by atoms with Crippen molar-refractivity contribution in [1.82, 2.24) is 9.97 Å². The fourth-order valence-corrected chi connectivity index (χ4v) is 2.66. The Morgan fingerprint density at radius 2 is 1.82 bits per heavy atom. The van der Waals surface area contributed by atoms with Gasteiger partial charge in [0.2, 0.25) is 5.95 Å². The summed E-state index contributed by atoms with van der Waals surface area (Å²) in [6.07, 6.45) is 10.3. The predicted molar refractivity (Wildman–Crippen MR) is 68.8 cm³/mol. The van der Waals surface area contributed by atoms with Crippen LogP contribution in [0.1, 0.15) is 38.2 Å². The molecule has 0 N–H and O–H groups in total. The number of anilines is 1. The number of hydrogen-bond donors (Lipinski definition) is 0. The van der Waals surface area contributed by atoms with E-state index in [1.165, 1.54) is 31.2 Å². The lowest BCUT2D eigenvalue weighted by Gasteiger charge is -2.31. The Hall–Kier alpha value is -1.12. The molecule has 1 radical (unpaired) electrons. The third kappa shape index (κ3) is 2.43. The summed E-state index contributed by atoms with van der Waals surface area (Å²) >= 11 is 0. The fourth-order valence-electron chi connectivity index (χ4n) is 2.66. The average molecular weight is 230 g/mol. The van der Waals surface area contributed by atoms with Gasteiger partial charge in [0, 0.05) is 25.5 Å². The molecule has 1 aromatic heterocycles. The van der Waals surface area contributed by atoms with Crippen molar-refractivity contribution in [2.45, 2.75) is 39.0 Å². The minimum atomic E-state index is 0.904. The zero-order valence-electron chi connectivity index (χ0n) is 10.5. The Labute approximate surface area is 103 Å². The van der Waals surface area contributed by atoms with Gasteiger partial charge in [-0.25, -0.2) is 9.97 Å². The first-order valence-corrected chi connectivity index (χ1v) is 6.77. The Morgan fingerprint density at radius 3 is 2.35 bits per heavy atom. The summed E-state index contributed by atoms with van der Waals surface area (Å²) in [7, 11) is 0. The number of aryl methyl sites for hydroxylation is 1. The number of nitrogens with zero attached hydrogens (tertiary/aromatic N) is 3. The van der Waals surface area contributed by atoms with E-state index >= 15 is 0 Å². The molecular weight excluding hydrogens is 210 g/mol. The van der Waals surface area contributed by atoms with Crippen LogP contribution in [0.2, 0.25) is 0 Å². The second-order valence-corrected chi connectivity index (χ2v) is 5.16. The molecule has 2 fully saturated rings. The molecule has 0 bridgehead atoms. The van der Waals surface area contributed by atoms with Gasteiger partial charge < -0.3 is 4.90 Å². The van der Waals surface area contributed by atoms with Gasteiger partial charge in [-0.2, -0.15) is 0 Å². The van der Waals surface area contributed by atoms with Crippen LogP contribution in [-0.2, 0) is 6.42 Å². The molecule has 3 rings (SSSR count). The van der Waals surface area contributed by atoms with E-state index < -0.39 is 0 Å². The van der Waals surface area contributed by atoms with Crippen LogP contribution in [-0.4, -0.2) is 23.1 Å². The highest BCUT2D eigenvalue weighted by atomic mass is 15.2. The van der Waals surface area contributed by atoms with Crippen molar-refractivity contribution in [3.63, 3.8) is 0 Å². The highest BCUT2D eigenvalue weighted by Crippen LogP contribution is 2.44. The largest absolute Gasteiger partial charge is 0.341 e. The summed E-state index contributed by atoms with van der Waals surface area (Å²) < 4.78 is 0. The molecule has 2 aliphatic rings. The van der Waals surface area contributed by atoms with Crippen molar-refractivity contribution in [1.29, 1.82) is 0 Å². The van der Waals surface area contributed by atoms with Crippen LogP contribution in [0.4, 0.5) is 5.95 Å². The van der Waals surface area contributed by atoms with Crippen LogP contribution in [0.25, 0.3) is 0 Å². The van der Waals surface area contributed by atoms with Crippen molar-refractivity contribution in [3.8, 4) is 0 Å². The Kier molecular flexibility index (Phi) is 3.00. The molecule has 1 aliphatic heterocycles. The first-order valence-electron chi connectivity index (χ1n) is 6.77. The summed E-state index contributed by atoms with van der Waals surface area (Å²) in [6.45, 7) is 4.38. The number of aromatic nitrogens is 2. The molecule has 0 spiro atoms. The van der Waals surface area contributed by atoms with E-state index in [-0.39, 0.29) is 0 Å². The maximum absolute atomic E-state index is 4.47. The van der Waals surface area contributed by atoms with Gasteiger partial charge in [-0.3, -0.25) is 0 Å². The van der Waals surface area contributed by atoms with Gasteiger partial charge in [0.05, 0.1) is 0 Å². The first-order chi connectivity index (χ1) is 8.36. The molecule has 0 unspecified atom stereocenters. The SMILES string of the molecule is CCc1cnc(N2CCC([C]3CC3)CC2)nc1. The van der Waals surface area contributed by atoms with Gasteiger partial charge in [0.25, 0.3) is 0 Å². The first kappa shape index (κ1) is 11.0. The summed E-state index contributed by atoms with van der Waals surface area (Å²) in [5.74, 6) is 3.63. The molecule has 17 heavy (non-hydrogen) atoms. The van der Waals surface area contributed by atoms with Crippen molar-refractivity contribution in [3.05, 3.63) is 23.9 Å². The van der Waals surface area contributed by atoms with Crippen molar-refractivity contribution >= 4 is 5.95 Å². The van der Waals surface area contributed by atoms with Gasteiger partial charge in [-0.05, 0) is 49.5 Å². The number of piperidine rings is 1. The Morgan fingerprint density at radius 1 is 1.18 bits per heavy atom. The molecular formula is C14H20N3. The molecule has 0 aromatic carbocycles. The molecule has 3 nitrogen and oxygen atoms in total. The lowest BCUT2D eigenvalue weighted by molar-refractivity contribution is 0.440. The third-order valence-corrected chi connectivity index (χ3v) is 3.99. The van der Waals surface area contributed by atoms with E-state index in [9.17, 15) is 0 Å². The van der Waals surface area contributed by atoms with Gasteiger partial charge in [0.15, 0.2) is 0 Å². The zero-order valence-corrected chi connectivity index (χ0v) is 10.5. The van der Waals surface area contributed by atoms with Crippen LogP contribution in [0.15, 0.2) is 12.4 Å². The van der Waals surface area contributed by atoms with E-state index in [0.29, 0.717) is 0 Å². The molecule has 1 saturated carbocycles. The lowest BCUT2D eigenvalue weighted by atomic mass is 9.92. The molecule has 91 valence electrons. The molecule has 2 heterocycles. The van der Waals surface area contributed by atoms with Crippen molar-refractivity contribution < 1.29 is 0 Å². The van der Waals surface area contributed by atoms with Gasteiger partial charge in [-0.15, -0.1) is 0 Å². The predicted octanol–water partition coefficient (Wildman–Crippen LogP) is 2.62. The van der Waals surface area contributed by atoms with Gasteiger partial charge in [0.1, 0.15) is 0 Å². The van der Waals surface area contributed by atoms with Crippen LogP contribution >= 0.6 is 0 Å². The van der Waals surface area contributed by atoms with E-state index in [0.717, 1.165) is 31.4 Å². The smallest absolute Gasteiger partial charge is 0.225 e. The quantitative estimate of drug-likeness (QED) is 0.799. The summed E-state index contributed by atoms with van der Waals surface area (Å²) in [6, 6.07) is 0. The van der Waals surface area contributed by atoms with Crippen LogP contribution in [0.5, 0.6) is 0 Å². The zero-order chi connectivity index (χ0) is 11.7. The van der Waals surface area contributed by atoms with E-state index in [1.54, 1.807) is 0 Å². The van der Waals surface area contributed by atoms with E-state index in [1.807, 2.05) is 18.3 Å². The highest BCUT2D eigenvalue weighted by molar-refractivity contribution is 5.31. The summed E-state index contributed by atoms with van der Waals surface area (Å²) in [5.41, 5.74) is 1.22. The van der Waals surface area contributed by atoms with Crippen LogP contribution in [0.3, 0.4) is 0 Å². The second-order valence-electron chi connectivity index (χ2n) is 5.16. The van der Waals surface area contributed by atoms with Crippen LogP contribution in [0, 0.1) is 11.8 Å². The minimum absolute atomic E-state index is 0.904. The second kappa shape index (κ2) is 4.63.